The molecule has 0 saturated carbocycles. The molecule has 2 heterocycles. The van der Waals surface area contributed by atoms with Gasteiger partial charge in [-0.2, -0.15) is 23.4 Å². The van der Waals surface area contributed by atoms with Gasteiger partial charge in [-0.25, -0.2) is 4.79 Å². The molecule has 2 aromatic heterocycles. The van der Waals surface area contributed by atoms with Crippen molar-refractivity contribution >= 4 is 27.9 Å². The van der Waals surface area contributed by atoms with Gasteiger partial charge in [0.25, 0.3) is 0 Å². The number of hydrogen-bond donors (Lipinski definition) is 1. The van der Waals surface area contributed by atoms with Crippen LogP contribution in [0.4, 0.5) is 18.0 Å². The minimum atomic E-state index is -4.60. The van der Waals surface area contributed by atoms with Gasteiger partial charge in [0.1, 0.15) is 17.3 Å². The molecule has 0 aliphatic carbocycles. The van der Waals surface area contributed by atoms with Gasteiger partial charge in [0, 0.05) is 32.8 Å². The summed E-state index contributed by atoms with van der Waals surface area (Å²) in [6.07, 6.45) is -1.83. The predicted octanol–water partition coefficient (Wildman–Crippen LogP) is 4.17. The van der Waals surface area contributed by atoms with Gasteiger partial charge in [-0.3, -0.25) is 19.1 Å². The van der Waals surface area contributed by atoms with E-state index >= 15 is 0 Å². The molecule has 200 valence electrons. The maximum absolute atomic E-state index is 13.4. The number of aryl methyl sites for hydroxylation is 1. The number of rotatable bonds is 9. The molecular weight excluding hydrogens is 557 g/mol. The number of nitrogens with one attached hydrogen (secondary N) is 1. The Kier molecular flexibility index (Phi) is 8.67. The number of carbonyl (C=O) groups excluding carboxylic acids is 2. The molecule has 1 aromatic carbocycles. The Morgan fingerprint density at radius 2 is 1.86 bits per heavy atom. The number of aromatic nitrogens is 4. The molecule has 0 saturated heterocycles. The zero-order chi connectivity index (χ0) is 27.4. The molecule has 0 unspecified atom stereocenters. The zero-order valence-corrected chi connectivity index (χ0v) is 22.4. The van der Waals surface area contributed by atoms with E-state index in [0.717, 1.165) is 16.3 Å². The lowest BCUT2D eigenvalue weighted by Gasteiger charge is -2.32. The van der Waals surface area contributed by atoms with Gasteiger partial charge >= 0.3 is 12.3 Å². The van der Waals surface area contributed by atoms with E-state index in [4.69, 9.17) is 4.74 Å². The molecule has 9 nitrogen and oxygen atoms in total. The molecule has 2 amide bonds. The Labute approximate surface area is 220 Å². The highest BCUT2D eigenvalue weighted by molar-refractivity contribution is 9.10. The summed E-state index contributed by atoms with van der Waals surface area (Å²) in [7, 11) is 3.19. The number of carbonyl (C=O) groups is 2. The van der Waals surface area contributed by atoms with Gasteiger partial charge in [-0.05, 0) is 40.9 Å². The standard InChI is InChI=1S/C24H28BrF3N6O3/c1-23(2,15-34-20(25)11-19(31-34)24(26,27)28)30-21(35)18(10-17-12-29-32(3)13-17)33(4)22(36)37-14-16-8-6-5-7-9-16/h5-9,11-13,18H,10,14-15H2,1-4H3,(H,30,35)/t18-/m1/s1. The normalized spacial score (nSPS) is 12.8. The number of ether oxygens (including phenoxy) is 1. The lowest BCUT2D eigenvalue weighted by molar-refractivity contribution is -0.141. The second kappa shape index (κ2) is 11.4. The molecule has 13 heteroatoms. The van der Waals surface area contributed by atoms with Crippen LogP contribution in [0.5, 0.6) is 0 Å². The van der Waals surface area contributed by atoms with Gasteiger partial charge < -0.3 is 10.1 Å². The Morgan fingerprint density at radius 1 is 1.19 bits per heavy atom. The summed E-state index contributed by atoms with van der Waals surface area (Å²) in [4.78, 5) is 27.5. The van der Waals surface area contributed by atoms with Crippen LogP contribution >= 0.6 is 15.9 Å². The summed E-state index contributed by atoms with van der Waals surface area (Å²) in [5.41, 5.74) is -0.553. The summed E-state index contributed by atoms with van der Waals surface area (Å²) in [6.45, 7) is 3.28. The molecule has 3 rings (SSSR count). The van der Waals surface area contributed by atoms with Crippen molar-refractivity contribution in [3.05, 3.63) is 70.2 Å². The van der Waals surface area contributed by atoms with Crippen LogP contribution < -0.4 is 5.32 Å². The molecule has 37 heavy (non-hydrogen) atoms. The minimum absolute atomic E-state index is 0.0333. The topological polar surface area (TPSA) is 94.3 Å². The highest BCUT2D eigenvalue weighted by Crippen LogP contribution is 2.30. The maximum Gasteiger partial charge on any atom is 0.435 e. The first-order valence-corrected chi connectivity index (χ1v) is 12.1. The summed E-state index contributed by atoms with van der Waals surface area (Å²) in [5.74, 6) is -0.507. The summed E-state index contributed by atoms with van der Waals surface area (Å²) in [6, 6.07) is 9.02. The van der Waals surface area contributed by atoms with Crippen molar-refractivity contribution in [1.82, 2.24) is 29.8 Å². The van der Waals surface area contributed by atoms with E-state index in [0.29, 0.717) is 5.56 Å². The lowest BCUT2D eigenvalue weighted by Crippen LogP contribution is -2.55. The first-order chi connectivity index (χ1) is 17.2. The largest absolute Gasteiger partial charge is 0.445 e. The number of halogens is 4. The average molecular weight is 585 g/mol. The molecule has 1 atom stereocenters. The minimum Gasteiger partial charge on any atom is -0.445 e. The van der Waals surface area contributed by atoms with E-state index in [9.17, 15) is 22.8 Å². The van der Waals surface area contributed by atoms with Crippen LogP contribution in [0.3, 0.4) is 0 Å². The average Bonchev–Trinajstić information content (AvgIpc) is 3.40. The third-order valence-electron chi connectivity index (χ3n) is 5.48. The monoisotopic (exact) mass is 584 g/mol. The van der Waals surface area contributed by atoms with Gasteiger partial charge in [0.15, 0.2) is 5.69 Å². The molecule has 0 fully saturated rings. The molecule has 0 aliphatic rings. The lowest BCUT2D eigenvalue weighted by atomic mass is 10.0. The summed E-state index contributed by atoms with van der Waals surface area (Å²) in [5, 5.41) is 10.6. The van der Waals surface area contributed by atoms with Crippen LogP contribution in [0.1, 0.15) is 30.7 Å². The van der Waals surface area contributed by atoms with Gasteiger partial charge in [-0.1, -0.05) is 30.3 Å². The van der Waals surface area contributed by atoms with Crippen LogP contribution in [0, 0.1) is 0 Å². The molecule has 3 aromatic rings. The summed E-state index contributed by atoms with van der Waals surface area (Å²) < 4.78 is 47.4. The molecule has 0 aliphatic heterocycles. The fraction of sp³-hybridized carbons (Fsp3) is 0.417. The maximum atomic E-state index is 13.4. The number of likely N-dealkylation sites (N-methyl/N-ethyl adjacent to an activating group) is 1. The SMILES string of the molecule is CN(C(=O)OCc1ccccc1)[C@H](Cc1cnn(C)c1)C(=O)NC(C)(C)Cn1nc(C(F)(F)F)cc1Br. The van der Waals surface area contributed by atoms with Gasteiger partial charge in [0.05, 0.1) is 18.3 Å². The highest BCUT2D eigenvalue weighted by atomic mass is 79.9. The van der Waals surface area contributed by atoms with E-state index in [-0.39, 0.29) is 24.2 Å². The van der Waals surface area contributed by atoms with E-state index < -0.39 is 35.5 Å². The number of nitrogens with zero attached hydrogens (tertiary/aromatic N) is 5. The second-order valence-corrected chi connectivity index (χ2v) is 10.1. The number of alkyl halides is 3. The number of amides is 2. The van der Waals surface area contributed by atoms with Crippen molar-refractivity contribution in [1.29, 1.82) is 0 Å². The first kappa shape index (κ1) is 28.2. The van der Waals surface area contributed by atoms with Crippen LogP contribution in [0.2, 0.25) is 0 Å². The predicted molar refractivity (Wildman–Crippen MR) is 132 cm³/mol. The number of benzene rings is 1. The molecule has 0 spiro atoms. The van der Waals surface area contributed by atoms with Crippen LogP contribution in [0.25, 0.3) is 0 Å². The molecule has 0 radical (unpaired) electrons. The van der Waals surface area contributed by atoms with Crippen LogP contribution in [-0.4, -0.2) is 55.1 Å². The Bertz CT molecular complexity index is 1230. The zero-order valence-electron chi connectivity index (χ0n) is 20.8. The van der Waals surface area contributed by atoms with E-state index in [1.165, 1.54) is 11.9 Å². The Balaban J connectivity index is 1.75. The smallest absolute Gasteiger partial charge is 0.435 e. The van der Waals surface area contributed by atoms with E-state index in [1.807, 2.05) is 30.3 Å². The highest BCUT2D eigenvalue weighted by Gasteiger charge is 2.36. The third kappa shape index (κ3) is 7.81. The van der Waals surface area contributed by atoms with Crippen molar-refractivity contribution in [2.24, 2.45) is 7.05 Å². The van der Waals surface area contributed by atoms with Gasteiger partial charge in [0.2, 0.25) is 5.91 Å². The Morgan fingerprint density at radius 3 is 2.43 bits per heavy atom. The summed E-state index contributed by atoms with van der Waals surface area (Å²) >= 11 is 3.09. The van der Waals surface area contributed by atoms with Crippen molar-refractivity contribution in [2.45, 2.75) is 51.2 Å². The fourth-order valence-electron chi connectivity index (χ4n) is 3.63. The third-order valence-corrected chi connectivity index (χ3v) is 6.12. The Hall–Kier alpha value is -3.35. The second-order valence-electron chi connectivity index (χ2n) is 9.27. The van der Waals surface area contributed by atoms with Crippen LogP contribution in [0.15, 0.2) is 53.4 Å². The van der Waals surface area contributed by atoms with Gasteiger partial charge in [-0.15, -0.1) is 0 Å². The van der Waals surface area contributed by atoms with Crippen LogP contribution in [-0.2, 0) is 42.3 Å². The van der Waals surface area contributed by atoms with Crippen molar-refractivity contribution in [3.63, 3.8) is 0 Å². The van der Waals surface area contributed by atoms with Crippen molar-refractivity contribution in [2.75, 3.05) is 7.05 Å². The quantitative estimate of drug-likeness (QED) is 0.407. The molecule has 1 N–H and O–H groups in total. The van der Waals surface area contributed by atoms with Crippen molar-refractivity contribution < 1.29 is 27.5 Å². The van der Waals surface area contributed by atoms with E-state index in [2.05, 4.69) is 31.4 Å². The fourth-order valence-corrected chi connectivity index (χ4v) is 4.05. The number of hydrogen-bond acceptors (Lipinski definition) is 5. The molecular formula is C24H28BrF3N6O3. The molecule has 0 bridgehead atoms. The van der Waals surface area contributed by atoms with E-state index in [1.54, 1.807) is 38.0 Å². The first-order valence-electron chi connectivity index (χ1n) is 11.3. The van der Waals surface area contributed by atoms with Crippen molar-refractivity contribution in [3.8, 4) is 0 Å².